The van der Waals surface area contributed by atoms with Crippen molar-refractivity contribution in [3.8, 4) is 5.75 Å². The van der Waals surface area contributed by atoms with Crippen LogP contribution in [0.15, 0.2) is 18.2 Å². The second kappa shape index (κ2) is 5.50. The lowest BCUT2D eigenvalue weighted by molar-refractivity contribution is 0.148. The van der Waals surface area contributed by atoms with Gasteiger partial charge >= 0.3 is 0 Å². The maximum Gasteiger partial charge on any atom is 0.165 e. The van der Waals surface area contributed by atoms with Gasteiger partial charge in [-0.1, -0.05) is 12.5 Å². The first-order valence-electron chi connectivity index (χ1n) is 6.38. The Labute approximate surface area is 102 Å². The van der Waals surface area contributed by atoms with Gasteiger partial charge in [-0.15, -0.1) is 0 Å². The standard InChI is InChI=1S/C14H20FNO/c1-10(16)11-7-8-14(13(15)9-11)17-12-5-3-2-4-6-12/h7-10,12H,2-6,16H2,1H3. The van der Waals surface area contributed by atoms with E-state index in [0.29, 0.717) is 5.75 Å². The van der Waals surface area contributed by atoms with Crippen molar-refractivity contribution in [2.24, 2.45) is 5.73 Å². The number of hydrogen-bond donors (Lipinski definition) is 1. The molecule has 1 aliphatic carbocycles. The quantitative estimate of drug-likeness (QED) is 0.872. The van der Waals surface area contributed by atoms with Gasteiger partial charge in [0.1, 0.15) is 0 Å². The minimum atomic E-state index is -0.301. The number of nitrogens with two attached hydrogens (primary N) is 1. The van der Waals surface area contributed by atoms with Crippen molar-refractivity contribution >= 4 is 0 Å². The van der Waals surface area contributed by atoms with E-state index < -0.39 is 0 Å². The molecule has 1 saturated carbocycles. The van der Waals surface area contributed by atoms with Crippen molar-refractivity contribution in [1.29, 1.82) is 0 Å². The maximum absolute atomic E-state index is 13.8. The zero-order chi connectivity index (χ0) is 12.3. The average molecular weight is 237 g/mol. The van der Waals surface area contributed by atoms with E-state index in [0.717, 1.165) is 18.4 Å². The SMILES string of the molecule is CC(N)c1ccc(OC2CCCCC2)c(F)c1. The Morgan fingerprint density at radius 2 is 2.00 bits per heavy atom. The van der Waals surface area contributed by atoms with Crippen LogP contribution in [0, 0.1) is 5.82 Å². The molecule has 94 valence electrons. The Morgan fingerprint density at radius 3 is 2.59 bits per heavy atom. The molecule has 1 aromatic rings. The molecule has 1 aliphatic rings. The molecule has 2 nitrogen and oxygen atoms in total. The van der Waals surface area contributed by atoms with Crippen LogP contribution in [0.2, 0.25) is 0 Å². The van der Waals surface area contributed by atoms with Crippen LogP contribution < -0.4 is 10.5 Å². The topological polar surface area (TPSA) is 35.2 Å². The molecule has 0 radical (unpaired) electrons. The van der Waals surface area contributed by atoms with Gasteiger partial charge in [-0.05, 0) is 50.3 Å². The number of rotatable bonds is 3. The molecule has 2 N–H and O–H groups in total. The van der Waals surface area contributed by atoms with Crippen LogP contribution in [0.1, 0.15) is 50.6 Å². The summed E-state index contributed by atoms with van der Waals surface area (Å²) in [5, 5.41) is 0. The maximum atomic E-state index is 13.8. The second-order valence-corrected chi connectivity index (χ2v) is 4.86. The van der Waals surface area contributed by atoms with E-state index in [1.54, 1.807) is 6.07 Å². The molecule has 1 unspecified atom stereocenters. The fourth-order valence-electron chi connectivity index (χ4n) is 2.26. The van der Waals surface area contributed by atoms with E-state index in [4.69, 9.17) is 10.5 Å². The Morgan fingerprint density at radius 1 is 1.29 bits per heavy atom. The highest BCUT2D eigenvalue weighted by Crippen LogP contribution is 2.26. The summed E-state index contributed by atoms with van der Waals surface area (Å²) in [6.45, 7) is 1.84. The zero-order valence-corrected chi connectivity index (χ0v) is 10.3. The number of benzene rings is 1. The normalized spacial score (nSPS) is 19.0. The summed E-state index contributed by atoms with van der Waals surface area (Å²) in [6.07, 6.45) is 5.89. The minimum Gasteiger partial charge on any atom is -0.487 e. The lowest BCUT2D eigenvalue weighted by Crippen LogP contribution is -2.20. The molecule has 0 bridgehead atoms. The monoisotopic (exact) mass is 237 g/mol. The van der Waals surface area contributed by atoms with Gasteiger partial charge in [-0.2, -0.15) is 0 Å². The van der Waals surface area contributed by atoms with Gasteiger partial charge < -0.3 is 10.5 Å². The molecule has 0 saturated heterocycles. The summed E-state index contributed by atoms with van der Waals surface area (Å²) in [7, 11) is 0. The van der Waals surface area contributed by atoms with Crippen LogP contribution >= 0.6 is 0 Å². The molecule has 2 rings (SSSR count). The number of ether oxygens (including phenoxy) is 1. The van der Waals surface area contributed by atoms with Crippen LogP contribution in [0.5, 0.6) is 5.75 Å². The number of hydrogen-bond acceptors (Lipinski definition) is 2. The van der Waals surface area contributed by atoms with E-state index >= 15 is 0 Å². The summed E-state index contributed by atoms with van der Waals surface area (Å²) < 4.78 is 19.5. The largest absolute Gasteiger partial charge is 0.487 e. The van der Waals surface area contributed by atoms with Crippen molar-refractivity contribution in [3.63, 3.8) is 0 Å². The fourth-order valence-corrected chi connectivity index (χ4v) is 2.26. The van der Waals surface area contributed by atoms with E-state index in [1.165, 1.54) is 25.3 Å². The fraction of sp³-hybridized carbons (Fsp3) is 0.571. The van der Waals surface area contributed by atoms with E-state index in [-0.39, 0.29) is 18.0 Å². The van der Waals surface area contributed by atoms with Crippen molar-refractivity contribution in [3.05, 3.63) is 29.6 Å². The summed E-state index contributed by atoms with van der Waals surface area (Å²) >= 11 is 0. The van der Waals surface area contributed by atoms with Crippen molar-refractivity contribution in [2.75, 3.05) is 0 Å². The Bertz CT molecular complexity index is 372. The predicted octanol–water partition coefficient (Wildman–Crippen LogP) is 3.56. The Hall–Kier alpha value is -1.09. The molecule has 1 fully saturated rings. The summed E-state index contributed by atoms with van der Waals surface area (Å²) in [5.41, 5.74) is 6.51. The molecule has 0 aliphatic heterocycles. The molecule has 1 aromatic carbocycles. The third-order valence-electron chi connectivity index (χ3n) is 3.33. The summed E-state index contributed by atoms with van der Waals surface area (Å²) in [5.74, 6) is 0.0617. The minimum absolute atomic E-state index is 0.145. The second-order valence-electron chi connectivity index (χ2n) is 4.86. The predicted molar refractivity (Wildman–Crippen MR) is 66.5 cm³/mol. The highest BCUT2D eigenvalue weighted by atomic mass is 19.1. The van der Waals surface area contributed by atoms with Crippen LogP contribution in [-0.2, 0) is 0 Å². The van der Waals surface area contributed by atoms with E-state index in [1.807, 2.05) is 13.0 Å². The van der Waals surface area contributed by atoms with Crippen LogP contribution in [-0.4, -0.2) is 6.10 Å². The lowest BCUT2D eigenvalue weighted by Gasteiger charge is -2.23. The van der Waals surface area contributed by atoms with Crippen LogP contribution in [0.25, 0.3) is 0 Å². The van der Waals surface area contributed by atoms with Gasteiger partial charge in [-0.3, -0.25) is 0 Å². The molecule has 1 atom stereocenters. The van der Waals surface area contributed by atoms with Gasteiger partial charge in [0.25, 0.3) is 0 Å². The van der Waals surface area contributed by atoms with Crippen LogP contribution in [0.3, 0.4) is 0 Å². The van der Waals surface area contributed by atoms with Gasteiger partial charge in [0.15, 0.2) is 11.6 Å². The van der Waals surface area contributed by atoms with E-state index in [2.05, 4.69) is 0 Å². The van der Waals surface area contributed by atoms with E-state index in [9.17, 15) is 4.39 Å². The Balaban J connectivity index is 2.05. The summed E-state index contributed by atoms with van der Waals surface area (Å²) in [6, 6.07) is 4.87. The number of halogens is 1. The van der Waals surface area contributed by atoms with Gasteiger partial charge in [0.2, 0.25) is 0 Å². The van der Waals surface area contributed by atoms with Crippen molar-refractivity contribution < 1.29 is 9.13 Å². The van der Waals surface area contributed by atoms with Gasteiger partial charge in [-0.25, -0.2) is 4.39 Å². The van der Waals surface area contributed by atoms with Gasteiger partial charge in [0, 0.05) is 6.04 Å². The molecular formula is C14H20FNO. The third-order valence-corrected chi connectivity index (χ3v) is 3.33. The lowest BCUT2D eigenvalue weighted by atomic mass is 9.98. The molecule has 17 heavy (non-hydrogen) atoms. The molecular weight excluding hydrogens is 217 g/mol. The first-order chi connectivity index (χ1) is 8.16. The van der Waals surface area contributed by atoms with Crippen molar-refractivity contribution in [1.82, 2.24) is 0 Å². The molecule has 0 amide bonds. The molecule has 0 aromatic heterocycles. The van der Waals surface area contributed by atoms with Crippen molar-refractivity contribution in [2.45, 2.75) is 51.2 Å². The Kier molecular flexibility index (Phi) is 4.00. The van der Waals surface area contributed by atoms with Crippen LogP contribution in [0.4, 0.5) is 4.39 Å². The molecule has 0 heterocycles. The zero-order valence-electron chi connectivity index (χ0n) is 10.3. The third kappa shape index (κ3) is 3.19. The molecule has 3 heteroatoms. The first kappa shape index (κ1) is 12.4. The first-order valence-corrected chi connectivity index (χ1v) is 6.38. The smallest absolute Gasteiger partial charge is 0.165 e. The summed E-state index contributed by atoms with van der Waals surface area (Å²) in [4.78, 5) is 0. The highest BCUT2D eigenvalue weighted by Gasteiger charge is 2.17. The van der Waals surface area contributed by atoms with Gasteiger partial charge in [0.05, 0.1) is 6.10 Å². The molecule has 0 spiro atoms. The average Bonchev–Trinajstić information content (AvgIpc) is 2.33. The highest BCUT2D eigenvalue weighted by molar-refractivity contribution is 5.30.